The van der Waals surface area contributed by atoms with Crippen LogP contribution >= 0.6 is 0 Å². The van der Waals surface area contributed by atoms with Gasteiger partial charge < -0.3 is 24.3 Å². The highest BCUT2D eigenvalue weighted by molar-refractivity contribution is 5.96. The lowest BCUT2D eigenvalue weighted by atomic mass is 10.1. The number of amides is 1. The van der Waals surface area contributed by atoms with Crippen LogP contribution in [0.2, 0.25) is 0 Å². The number of carboxylic acid groups (broad SMARTS) is 1. The molecule has 1 fully saturated rings. The van der Waals surface area contributed by atoms with Crippen LogP contribution in [0.5, 0.6) is 5.88 Å². The molecule has 14 nitrogen and oxygen atoms in total. The van der Waals surface area contributed by atoms with Crippen molar-refractivity contribution in [3.8, 4) is 17.3 Å². The molecule has 0 radical (unpaired) electrons. The first-order valence-electron chi connectivity index (χ1n) is 11.3. The number of unbranched alkanes of at least 4 members (excludes halogenated alkanes) is 1. The van der Waals surface area contributed by atoms with Gasteiger partial charge in [-0.2, -0.15) is 5.10 Å². The van der Waals surface area contributed by atoms with Crippen molar-refractivity contribution in [2.75, 3.05) is 26.4 Å². The predicted octanol–water partition coefficient (Wildman–Crippen LogP) is 2.48. The Kier molecular flexibility index (Phi) is 7.85. The summed E-state index contributed by atoms with van der Waals surface area (Å²) in [7, 11) is 0. The number of carbonyl (C=O) groups excluding carboxylic acids is 1. The van der Waals surface area contributed by atoms with Gasteiger partial charge in [0.15, 0.2) is 5.69 Å². The van der Waals surface area contributed by atoms with Crippen LogP contribution in [0.1, 0.15) is 52.7 Å². The summed E-state index contributed by atoms with van der Waals surface area (Å²) in [6.45, 7) is 1.68. The standard InChI is InChI=1S/C22H24N6O8/c29-20(19-17(28(32)33)12-27(26-19)15-4-9-34-10-5-15)24-6-1-2-8-35-18-11-14(3-7-23-18)21-25-16(13-36-21)22(30)31/h3,7,11-13,15H,1-2,4-6,8-10H2,(H,24,29)(H,30,31). The molecular formula is C22H24N6O8. The smallest absolute Gasteiger partial charge is 0.357 e. The molecule has 190 valence electrons. The lowest BCUT2D eigenvalue weighted by Gasteiger charge is -2.21. The molecule has 3 aromatic rings. The first-order chi connectivity index (χ1) is 17.4. The zero-order valence-electron chi connectivity index (χ0n) is 19.2. The van der Waals surface area contributed by atoms with Gasteiger partial charge in [-0.1, -0.05) is 0 Å². The van der Waals surface area contributed by atoms with Crippen LogP contribution in [0.3, 0.4) is 0 Å². The maximum Gasteiger partial charge on any atom is 0.357 e. The monoisotopic (exact) mass is 500 g/mol. The molecule has 0 aromatic carbocycles. The molecule has 0 bridgehead atoms. The highest BCUT2D eigenvalue weighted by Crippen LogP contribution is 2.25. The molecule has 0 unspecified atom stereocenters. The summed E-state index contributed by atoms with van der Waals surface area (Å²) in [6, 6.07) is 3.15. The number of pyridine rings is 1. The van der Waals surface area contributed by atoms with E-state index in [2.05, 4.69) is 20.4 Å². The summed E-state index contributed by atoms with van der Waals surface area (Å²) in [4.78, 5) is 42.3. The third-order valence-corrected chi connectivity index (χ3v) is 5.50. The fourth-order valence-corrected chi connectivity index (χ4v) is 3.63. The molecule has 4 rings (SSSR count). The molecule has 14 heteroatoms. The van der Waals surface area contributed by atoms with Gasteiger partial charge in [0.05, 0.1) is 17.6 Å². The van der Waals surface area contributed by atoms with E-state index in [1.807, 2.05) is 0 Å². The normalized spacial score (nSPS) is 13.9. The van der Waals surface area contributed by atoms with Crippen molar-refractivity contribution in [3.05, 3.63) is 52.3 Å². The van der Waals surface area contributed by atoms with Gasteiger partial charge in [0, 0.05) is 37.6 Å². The Morgan fingerprint density at radius 3 is 2.83 bits per heavy atom. The van der Waals surface area contributed by atoms with Crippen LogP contribution in [0.25, 0.3) is 11.5 Å². The number of nitrogens with one attached hydrogen (secondary N) is 1. The molecule has 1 saturated heterocycles. The Bertz CT molecular complexity index is 1230. The van der Waals surface area contributed by atoms with E-state index >= 15 is 0 Å². The maximum atomic E-state index is 12.5. The minimum Gasteiger partial charge on any atom is -0.478 e. The van der Waals surface area contributed by atoms with Crippen molar-refractivity contribution >= 4 is 17.6 Å². The Hall–Kier alpha value is -4.33. The second-order valence-electron chi connectivity index (χ2n) is 7.98. The quantitative estimate of drug-likeness (QED) is 0.224. The second kappa shape index (κ2) is 11.4. The number of aromatic nitrogens is 4. The van der Waals surface area contributed by atoms with Crippen LogP contribution in [-0.2, 0) is 4.74 Å². The van der Waals surface area contributed by atoms with Crippen molar-refractivity contribution in [2.24, 2.45) is 0 Å². The molecule has 1 aliphatic heterocycles. The Morgan fingerprint density at radius 1 is 1.31 bits per heavy atom. The van der Waals surface area contributed by atoms with Crippen LogP contribution in [0, 0.1) is 10.1 Å². The van der Waals surface area contributed by atoms with E-state index < -0.39 is 16.8 Å². The third kappa shape index (κ3) is 6.02. The summed E-state index contributed by atoms with van der Waals surface area (Å²) in [5, 5.41) is 27.2. The molecule has 36 heavy (non-hydrogen) atoms. The number of hydrogen-bond donors (Lipinski definition) is 2. The number of ether oxygens (including phenoxy) is 2. The van der Waals surface area contributed by atoms with Crippen LogP contribution in [0.15, 0.2) is 35.2 Å². The average molecular weight is 500 g/mol. The van der Waals surface area contributed by atoms with Gasteiger partial charge in [0.1, 0.15) is 12.5 Å². The molecule has 1 amide bonds. The highest BCUT2D eigenvalue weighted by atomic mass is 16.6. The molecule has 2 N–H and O–H groups in total. The van der Waals surface area contributed by atoms with Crippen molar-refractivity contribution in [1.29, 1.82) is 0 Å². The molecule has 0 atom stereocenters. The minimum absolute atomic E-state index is 0.0361. The molecule has 3 aromatic heterocycles. The number of carbonyl (C=O) groups is 2. The number of carboxylic acids is 1. The van der Waals surface area contributed by atoms with Gasteiger partial charge >= 0.3 is 11.7 Å². The minimum atomic E-state index is -1.19. The zero-order chi connectivity index (χ0) is 25.5. The number of rotatable bonds is 11. The van der Waals surface area contributed by atoms with Gasteiger partial charge in [-0.3, -0.25) is 19.6 Å². The van der Waals surface area contributed by atoms with Gasteiger partial charge in [-0.05, 0) is 31.7 Å². The maximum absolute atomic E-state index is 12.5. The molecule has 0 saturated carbocycles. The van der Waals surface area contributed by atoms with E-state index in [-0.39, 0.29) is 35.6 Å². The van der Waals surface area contributed by atoms with Gasteiger partial charge in [0.2, 0.25) is 17.5 Å². The molecule has 0 aliphatic carbocycles. The van der Waals surface area contributed by atoms with E-state index in [0.29, 0.717) is 56.9 Å². The summed E-state index contributed by atoms with van der Waals surface area (Å²) >= 11 is 0. The summed E-state index contributed by atoms with van der Waals surface area (Å²) in [5.74, 6) is -1.35. The predicted molar refractivity (Wildman–Crippen MR) is 122 cm³/mol. The molecule has 1 aliphatic rings. The van der Waals surface area contributed by atoms with Crippen molar-refractivity contribution < 1.29 is 33.5 Å². The Labute approximate surface area is 204 Å². The van der Waals surface area contributed by atoms with E-state index in [1.54, 1.807) is 12.1 Å². The fourth-order valence-electron chi connectivity index (χ4n) is 3.63. The highest BCUT2D eigenvalue weighted by Gasteiger charge is 2.28. The largest absolute Gasteiger partial charge is 0.478 e. The van der Waals surface area contributed by atoms with Gasteiger partial charge in [-0.15, -0.1) is 0 Å². The zero-order valence-corrected chi connectivity index (χ0v) is 19.2. The van der Waals surface area contributed by atoms with E-state index in [4.69, 9.17) is 19.0 Å². The summed E-state index contributed by atoms with van der Waals surface area (Å²) < 4.78 is 17.6. The van der Waals surface area contributed by atoms with Crippen LogP contribution in [0.4, 0.5) is 5.69 Å². The summed E-state index contributed by atoms with van der Waals surface area (Å²) in [5.41, 5.74) is -0.218. The number of oxazole rings is 1. The van der Waals surface area contributed by atoms with Crippen molar-refractivity contribution in [1.82, 2.24) is 25.1 Å². The van der Waals surface area contributed by atoms with Crippen molar-refractivity contribution in [3.63, 3.8) is 0 Å². The number of hydrogen-bond acceptors (Lipinski definition) is 10. The molecule has 4 heterocycles. The lowest BCUT2D eigenvalue weighted by Crippen LogP contribution is -2.26. The van der Waals surface area contributed by atoms with E-state index in [1.165, 1.54) is 17.1 Å². The van der Waals surface area contributed by atoms with Crippen LogP contribution < -0.4 is 10.1 Å². The number of aromatic carboxylic acids is 1. The Morgan fingerprint density at radius 2 is 2.11 bits per heavy atom. The topological polar surface area (TPSA) is 185 Å². The van der Waals surface area contributed by atoms with Crippen molar-refractivity contribution in [2.45, 2.75) is 31.7 Å². The van der Waals surface area contributed by atoms with E-state index in [0.717, 1.165) is 6.26 Å². The third-order valence-electron chi connectivity index (χ3n) is 5.50. The molecule has 0 spiro atoms. The first kappa shape index (κ1) is 24.8. The van der Waals surface area contributed by atoms with Gasteiger partial charge in [-0.25, -0.2) is 14.8 Å². The van der Waals surface area contributed by atoms with Gasteiger partial charge in [0.25, 0.3) is 5.91 Å². The second-order valence-corrected chi connectivity index (χ2v) is 7.98. The lowest BCUT2D eigenvalue weighted by molar-refractivity contribution is -0.385. The van der Waals surface area contributed by atoms with E-state index in [9.17, 15) is 19.7 Å². The fraction of sp³-hybridized carbons (Fsp3) is 0.409. The Balaban J connectivity index is 1.23. The van der Waals surface area contributed by atoms with Crippen LogP contribution in [-0.4, -0.2) is 68.0 Å². The average Bonchev–Trinajstić information content (AvgIpc) is 3.55. The molecular weight excluding hydrogens is 476 g/mol. The SMILES string of the molecule is O=C(O)c1coc(-c2ccnc(OCCCCNC(=O)c3nn(C4CCOCC4)cc3[N+](=O)[O-])c2)n1. The summed E-state index contributed by atoms with van der Waals surface area (Å²) in [6.07, 6.45) is 6.34. The number of nitrogens with zero attached hydrogens (tertiary/aromatic N) is 5. The first-order valence-corrected chi connectivity index (χ1v) is 11.3. The number of nitro groups is 1.